The minimum atomic E-state index is -5.19. The van der Waals surface area contributed by atoms with Crippen LogP contribution in [0.2, 0.25) is 0 Å². The summed E-state index contributed by atoms with van der Waals surface area (Å²) in [5.41, 5.74) is 15.0. The zero-order chi connectivity index (χ0) is 40.9. The molecule has 0 bridgehead atoms. The van der Waals surface area contributed by atoms with Gasteiger partial charge in [0.2, 0.25) is 0 Å². The van der Waals surface area contributed by atoms with Gasteiger partial charge in [-0.05, 0) is 87.8 Å². The lowest BCUT2D eigenvalue weighted by molar-refractivity contribution is -0.926. The van der Waals surface area contributed by atoms with E-state index >= 15 is 0 Å². The van der Waals surface area contributed by atoms with E-state index < -0.39 is 12.1 Å². The van der Waals surface area contributed by atoms with E-state index in [4.69, 9.17) is 40.3 Å². The van der Waals surface area contributed by atoms with E-state index in [1.54, 1.807) is 14.2 Å². The number of ether oxygens (including phenoxy) is 4. The molecular weight excluding hydrogens is 801 g/mol. The summed E-state index contributed by atoms with van der Waals surface area (Å²) in [6, 6.07) is 16.8. The maximum Gasteiger partial charge on any atom is 0.430 e. The molecule has 0 amide bonds. The molecule has 4 rings (SSSR count). The Hall–Kier alpha value is -3.44. The summed E-state index contributed by atoms with van der Waals surface area (Å²) in [6.45, 7) is 11.2. The van der Waals surface area contributed by atoms with Gasteiger partial charge in [0.15, 0.2) is 13.1 Å². The molecule has 0 spiro atoms. The third-order valence-corrected chi connectivity index (χ3v) is 9.94. The first kappa shape index (κ1) is 50.6. The second-order valence-electron chi connectivity index (χ2n) is 14.4. The van der Waals surface area contributed by atoms with E-state index in [1.807, 2.05) is 38.1 Å². The van der Waals surface area contributed by atoms with Crippen molar-refractivity contribution in [2.45, 2.75) is 83.5 Å². The summed E-state index contributed by atoms with van der Waals surface area (Å²) in [4.78, 5) is 32.9. The van der Waals surface area contributed by atoms with Crippen molar-refractivity contribution in [2.24, 2.45) is 11.5 Å². The van der Waals surface area contributed by atoms with Crippen molar-refractivity contribution in [3.63, 3.8) is 0 Å². The molecule has 4 N–H and O–H groups in total. The zero-order valence-corrected chi connectivity index (χ0v) is 34.9. The number of halogens is 4. The van der Waals surface area contributed by atoms with Crippen LogP contribution in [0.25, 0.3) is 0 Å². The fraction of sp³-hybridized carbons (Fsp3) is 0.625. The predicted molar refractivity (Wildman–Crippen MR) is 201 cm³/mol. The number of rotatable bonds is 16. The number of carboxylic acids is 1. The van der Waals surface area contributed by atoms with Crippen molar-refractivity contribution in [2.75, 3.05) is 79.8 Å². The smallest absolute Gasteiger partial charge is 0.430 e. The van der Waals surface area contributed by atoms with Crippen LogP contribution in [-0.2, 0) is 36.7 Å². The van der Waals surface area contributed by atoms with E-state index in [0.29, 0.717) is 26.3 Å². The number of carbonyl (C=O) groups is 3. The van der Waals surface area contributed by atoms with Gasteiger partial charge in [-0.2, -0.15) is 13.2 Å². The predicted octanol–water partition coefficient (Wildman–Crippen LogP) is 0.560. The Labute approximate surface area is 340 Å². The Morgan fingerprint density at radius 3 is 1.32 bits per heavy atom. The van der Waals surface area contributed by atoms with Gasteiger partial charge in [-0.15, -0.1) is 0 Å². The van der Waals surface area contributed by atoms with Crippen LogP contribution in [0.3, 0.4) is 0 Å². The van der Waals surface area contributed by atoms with E-state index in [2.05, 4.69) is 24.3 Å². The third-order valence-electron chi connectivity index (χ3n) is 9.94. The molecule has 2 fully saturated rings. The lowest BCUT2D eigenvalue weighted by Crippen LogP contribution is -3.00. The number of benzene rings is 2. The van der Waals surface area contributed by atoms with Crippen LogP contribution >= 0.6 is 0 Å². The standard InChI is InChI=1S/2C19H31N2O3.C2HF3O2.BrH/c2*1-3-24-19(22)15-21(13-5-7-17(20)14-21)12-4-6-16-8-10-18(23-2)11-9-16;3-2(4,5)1(6)7;/h2*8-11,17H,3-7,12-15,20H2,1-2H3;(H,6,7);1H/q2*+1;;/p-2. The monoisotopic (exact) mass is 862 g/mol. The summed E-state index contributed by atoms with van der Waals surface area (Å²) in [7, 11) is 3.36. The van der Waals surface area contributed by atoms with E-state index in [-0.39, 0.29) is 41.0 Å². The number of nitrogens with zero attached hydrogens (tertiary/aromatic N) is 2. The highest BCUT2D eigenvalue weighted by Crippen LogP contribution is 2.23. The molecule has 2 saturated heterocycles. The number of alkyl halides is 3. The second kappa shape index (κ2) is 25.7. The summed E-state index contributed by atoms with van der Waals surface area (Å²) >= 11 is 0. The SMILES string of the molecule is CCOC(=O)C[N+]1(CCCc2ccc(OC)cc2)CCCC(N)C1.CCOC(=O)C[N+]1(CCCc2ccc(OC)cc2)CCCC(N)C1.O=C([O-])C(F)(F)F.[Br-]. The van der Waals surface area contributed by atoms with Gasteiger partial charge in [-0.25, -0.2) is 9.59 Å². The molecule has 318 valence electrons. The molecule has 4 unspecified atom stereocenters. The van der Waals surface area contributed by atoms with Gasteiger partial charge in [0.1, 0.15) is 17.5 Å². The Morgan fingerprint density at radius 1 is 0.714 bits per heavy atom. The Bertz CT molecular complexity index is 1340. The number of aryl methyl sites for hydroxylation is 2. The third kappa shape index (κ3) is 19.1. The number of nitrogens with two attached hydrogens (primary N) is 2. The molecule has 4 atom stereocenters. The van der Waals surface area contributed by atoms with E-state index in [9.17, 15) is 22.8 Å². The van der Waals surface area contributed by atoms with Crippen molar-refractivity contribution >= 4 is 17.9 Å². The van der Waals surface area contributed by atoms with Gasteiger partial charge < -0.3 is 66.3 Å². The lowest BCUT2D eigenvalue weighted by Gasteiger charge is -2.43. The van der Waals surface area contributed by atoms with E-state index in [1.165, 1.54) is 11.1 Å². The number of carboxylic acid groups (broad SMARTS) is 1. The van der Waals surface area contributed by atoms with Crippen LogP contribution in [0.4, 0.5) is 13.2 Å². The van der Waals surface area contributed by atoms with Crippen LogP contribution in [0.1, 0.15) is 63.5 Å². The number of hydrogen-bond donors (Lipinski definition) is 2. The fourth-order valence-corrected chi connectivity index (χ4v) is 7.37. The van der Waals surface area contributed by atoms with Gasteiger partial charge in [0.25, 0.3) is 0 Å². The highest BCUT2D eigenvalue weighted by Gasteiger charge is 2.37. The Balaban J connectivity index is 0.000000472. The number of methoxy groups -OCH3 is 2. The average molecular weight is 864 g/mol. The molecular formula is C40H62BrF3N4O8. The molecule has 2 aliphatic rings. The molecule has 0 aliphatic carbocycles. The number of esters is 2. The van der Waals surface area contributed by atoms with Crippen molar-refractivity contribution in [1.29, 1.82) is 0 Å². The zero-order valence-electron chi connectivity index (χ0n) is 33.3. The van der Waals surface area contributed by atoms with Gasteiger partial charge in [0.05, 0.1) is 78.8 Å². The number of aliphatic carboxylic acids is 1. The molecule has 2 aliphatic heterocycles. The lowest BCUT2D eigenvalue weighted by atomic mass is 10.0. The van der Waals surface area contributed by atoms with Crippen LogP contribution in [0, 0.1) is 0 Å². The minimum absolute atomic E-state index is 0. The van der Waals surface area contributed by atoms with Crippen molar-refractivity contribution < 1.29 is 77.6 Å². The molecule has 0 saturated carbocycles. The van der Waals surface area contributed by atoms with Crippen LogP contribution in [-0.4, -0.2) is 125 Å². The first-order valence-electron chi connectivity index (χ1n) is 19.1. The van der Waals surface area contributed by atoms with Crippen LogP contribution < -0.4 is 43.0 Å². The number of likely N-dealkylation sites (tertiary alicyclic amines) is 2. The number of piperidine rings is 2. The Kier molecular flexibility index (Phi) is 23.2. The van der Waals surface area contributed by atoms with Crippen LogP contribution in [0.15, 0.2) is 48.5 Å². The first-order valence-corrected chi connectivity index (χ1v) is 19.1. The maximum absolute atomic E-state index is 12.0. The maximum atomic E-state index is 12.0. The first-order chi connectivity index (χ1) is 26.1. The highest BCUT2D eigenvalue weighted by atomic mass is 79.9. The minimum Gasteiger partial charge on any atom is -1.00 e. The normalized spacial score (nSPS) is 21.7. The molecule has 12 nitrogen and oxygen atoms in total. The van der Waals surface area contributed by atoms with Gasteiger partial charge in [-0.3, -0.25) is 0 Å². The van der Waals surface area contributed by atoms with Crippen molar-refractivity contribution in [3.05, 3.63) is 59.7 Å². The number of carbonyl (C=O) groups excluding carboxylic acids is 3. The van der Waals surface area contributed by atoms with E-state index in [0.717, 1.165) is 111 Å². The van der Waals surface area contributed by atoms with Crippen molar-refractivity contribution in [3.8, 4) is 11.5 Å². The molecule has 56 heavy (non-hydrogen) atoms. The second-order valence-corrected chi connectivity index (χ2v) is 14.4. The summed E-state index contributed by atoms with van der Waals surface area (Å²) in [5, 5.41) is 8.78. The average Bonchev–Trinajstić information content (AvgIpc) is 3.12. The van der Waals surface area contributed by atoms with Gasteiger partial charge in [0, 0.05) is 12.8 Å². The topological polar surface area (TPSA) is 163 Å². The Morgan fingerprint density at radius 2 is 1.05 bits per heavy atom. The largest absolute Gasteiger partial charge is 1.00 e. The number of hydrogen-bond acceptors (Lipinski definition) is 10. The summed E-state index contributed by atoms with van der Waals surface area (Å²) in [5.74, 6) is -1.45. The highest BCUT2D eigenvalue weighted by molar-refractivity contribution is 5.71. The fourth-order valence-electron chi connectivity index (χ4n) is 7.37. The molecule has 16 heteroatoms. The van der Waals surface area contributed by atoms with Crippen molar-refractivity contribution in [1.82, 2.24) is 0 Å². The molecule has 2 aromatic rings. The molecule has 2 heterocycles. The van der Waals surface area contributed by atoms with Gasteiger partial charge in [-0.1, -0.05) is 24.3 Å². The molecule has 0 radical (unpaired) electrons. The quantitative estimate of drug-likeness (QED) is 0.180. The summed E-state index contributed by atoms with van der Waals surface area (Å²) in [6.07, 6.45) is 3.18. The number of quaternary nitrogens is 2. The van der Waals surface area contributed by atoms with Gasteiger partial charge >= 0.3 is 18.1 Å². The molecule has 2 aromatic carbocycles. The summed E-state index contributed by atoms with van der Waals surface area (Å²) < 4.78 is 53.9. The molecule has 0 aromatic heterocycles. The van der Waals surface area contributed by atoms with Crippen LogP contribution in [0.5, 0.6) is 11.5 Å².